The van der Waals surface area contributed by atoms with E-state index in [0.717, 1.165) is 0 Å². The van der Waals surface area contributed by atoms with Crippen LogP contribution in [0.2, 0.25) is 0 Å². The second-order valence-corrected chi connectivity index (χ2v) is 16.1. The zero-order valence-electron chi connectivity index (χ0n) is 21.8. The Labute approximate surface area is 223 Å². The minimum absolute atomic E-state index is 0.326. The van der Waals surface area contributed by atoms with Gasteiger partial charge >= 0.3 is 0 Å². The second kappa shape index (κ2) is 10.3. The molecule has 218 valence electrons. The average Bonchev–Trinajstić information content (AvgIpc) is 2.78. The summed E-state index contributed by atoms with van der Waals surface area (Å²) in [4.78, 5) is 0. The minimum atomic E-state index is -5.03. The van der Waals surface area contributed by atoms with Crippen LogP contribution < -0.4 is 16.4 Å². The molecule has 0 unspecified atom stereocenters. The van der Waals surface area contributed by atoms with Crippen molar-refractivity contribution in [1.82, 2.24) is 0 Å². The van der Waals surface area contributed by atoms with E-state index in [1.165, 1.54) is 41.5 Å². The molecule has 0 aliphatic rings. The van der Waals surface area contributed by atoms with Crippen LogP contribution >= 0.6 is 7.80 Å². The molecule has 0 nitrogen and oxygen atoms in total. The normalized spacial score (nSPS) is 13.0. The summed E-state index contributed by atoms with van der Waals surface area (Å²) in [6, 6.07) is -0.978. The van der Waals surface area contributed by atoms with E-state index in [1.807, 2.05) is 0 Å². The molecule has 3 aromatic carbocycles. The zero-order chi connectivity index (χ0) is 30.9. The van der Waals surface area contributed by atoms with Gasteiger partial charge in [-0.3, -0.25) is 0 Å². The van der Waals surface area contributed by atoms with Gasteiger partial charge in [0.2, 0.25) is 0 Å². The van der Waals surface area contributed by atoms with Crippen molar-refractivity contribution >= 4 is 30.1 Å². The molecular weight excluding hydrogens is 582 g/mol. The summed E-state index contributed by atoms with van der Waals surface area (Å²) >= 11 is 0. The Balaban J connectivity index is 3.04. The first-order valence-corrected chi connectivity index (χ1v) is 13.2. The van der Waals surface area contributed by atoms with Gasteiger partial charge in [-0.15, -0.1) is 7.80 Å². The Morgan fingerprint density at radius 2 is 0.575 bits per heavy atom. The van der Waals surface area contributed by atoms with Crippen LogP contribution in [0.15, 0.2) is 18.2 Å². The number of hydrogen-bond donors (Lipinski definition) is 0. The quantitative estimate of drug-likeness (QED) is 0.129. The molecule has 0 fully saturated rings. The highest BCUT2D eigenvalue weighted by molar-refractivity contribution is 8.03. The van der Waals surface area contributed by atoms with Crippen molar-refractivity contribution in [2.45, 2.75) is 51.9 Å². The third kappa shape index (κ3) is 4.78. The molecule has 14 heteroatoms. The van der Waals surface area contributed by atoms with Gasteiger partial charge in [-0.1, -0.05) is 16.4 Å². The molecule has 0 bridgehead atoms. The summed E-state index contributed by atoms with van der Waals surface area (Å²) in [6.07, 6.45) is 0. The smallest absolute Gasteiger partial charge is 0.207 e. The van der Waals surface area contributed by atoms with E-state index in [0.29, 0.717) is 0 Å². The Kier molecular flexibility index (Phi) is 8.20. The van der Waals surface area contributed by atoms with Crippen LogP contribution in [0.25, 0.3) is 0 Å². The molecule has 0 heterocycles. The van der Waals surface area contributed by atoms with Crippen molar-refractivity contribution in [2.24, 2.45) is 0 Å². The molecule has 0 aliphatic carbocycles. The van der Waals surface area contributed by atoms with Crippen molar-refractivity contribution in [1.29, 1.82) is 0 Å². The van der Waals surface area contributed by atoms with Crippen molar-refractivity contribution in [3.63, 3.8) is 0 Å². The molecule has 0 saturated heterocycles. The maximum absolute atomic E-state index is 15.8. The first kappa shape index (κ1) is 31.8. The highest BCUT2D eigenvalue weighted by Gasteiger charge is 2.62. The highest BCUT2D eigenvalue weighted by Crippen LogP contribution is 2.65. The number of benzene rings is 3. The molecule has 0 aromatic heterocycles. The molecule has 0 N–H and O–H groups in total. The fourth-order valence-corrected chi connectivity index (χ4v) is 12.7. The monoisotopic (exact) mass is 604 g/mol. The molecule has 0 spiro atoms. The van der Waals surface area contributed by atoms with E-state index >= 15 is 26.3 Å². The van der Waals surface area contributed by atoms with Gasteiger partial charge in [0.25, 0.3) is 5.87 Å². The third-order valence-corrected chi connectivity index (χ3v) is 11.7. The SMILES string of the molecule is CC(C)(C)[PH+]([B-](c1c(F)c(F)cc(F)c1F)(c1c(F)c(F)cc(F)c1F)c1c(F)c(F)cc(F)c1F)C(C)(C)C. The van der Waals surface area contributed by atoms with E-state index in [4.69, 9.17) is 0 Å². The number of rotatable bonds is 4. The molecule has 3 rings (SSSR count). The van der Waals surface area contributed by atoms with Gasteiger partial charge in [0.15, 0.2) is 34.9 Å². The highest BCUT2D eigenvalue weighted by atomic mass is 31.1. The lowest BCUT2D eigenvalue weighted by molar-refractivity contribution is 0.456. The largest absolute Gasteiger partial charge is 0.262 e. The molecule has 40 heavy (non-hydrogen) atoms. The topological polar surface area (TPSA) is 0 Å². The van der Waals surface area contributed by atoms with E-state index < -0.39 is 110 Å². The van der Waals surface area contributed by atoms with Gasteiger partial charge in [0, 0.05) is 28.5 Å². The van der Waals surface area contributed by atoms with Crippen LogP contribution in [0, 0.1) is 69.8 Å². The molecule has 0 saturated carbocycles. The molecule has 0 amide bonds. The van der Waals surface area contributed by atoms with Gasteiger partial charge in [-0.2, -0.15) is 0 Å². The standard InChI is InChI=1S/C26H22BF12P/c1-25(2,3)40(26(4,5)6)27(16-19(34)10(28)7-11(29)20(16)35,17-21(36)12(30)8-13(31)22(17)37)18-23(38)14(32)9-15(33)24(18)39/h7-9,40H,1-6H3. The Bertz CT molecular complexity index is 1260. The molecule has 0 radical (unpaired) electrons. The van der Waals surface area contributed by atoms with Crippen LogP contribution in [0.3, 0.4) is 0 Å². The summed E-state index contributed by atoms with van der Waals surface area (Å²) in [6.45, 7) is 7.53. The van der Waals surface area contributed by atoms with E-state index in [2.05, 4.69) is 0 Å². The molecular formula is C26H22BF12P. The summed E-state index contributed by atoms with van der Waals surface area (Å²) in [5, 5.41) is -3.18. The maximum atomic E-state index is 15.8. The van der Waals surface area contributed by atoms with E-state index in [9.17, 15) is 26.3 Å². The Hall–Kier alpha value is -2.69. The fourth-order valence-electron chi connectivity index (χ4n) is 6.21. The molecule has 0 aliphatic heterocycles. The van der Waals surface area contributed by atoms with E-state index in [-0.39, 0.29) is 18.2 Å². The second-order valence-electron chi connectivity index (χ2n) is 11.4. The zero-order valence-corrected chi connectivity index (χ0v) is 22.8. The lowest BCUT2D eigenvalue weighted by Gasteiger charge is -2.53. The van der Waals surface area contributed by atoms with Gasteiger partial charge in [0.1, 0.15) is 34.9 Å². The summed E-state index contributed by atoms with van der Waals surface area (Å²) in [5.74, 6) is -33.0. The Morgan fingerprint density at radius 1 is 0.400 bits per heavy atom. The summed E-state index contributed by atoms with van der Waals surface area (Å²) < 4.78 is 183. The van der Waals surface area contributed by atoms with Crippen molar-refractivity contribution in [3.8, 4) is 0 Å². The van der Waals surface area contributed by atoms with Gasteiger partial charge < -0.3 is 0 Å². The number of hydrogen-bond acceptors (Lipinski definition) is 0. The Morgan fingerprint density at radius 3 is 0.725 bits per heavy atom. The van der Waals surface area contributed by atoms with Crippen LogP contribution in [0.5, 0.6) is 0 Å². The van der Waals surface area contributed by atoms with Crippen LogP contribution in [-0.2, 0) is 0 Å². The molecule has 3 aromatic rings. The lowest BCUT2D eigenvalue weighted by Crippen LogP contribution is -2.74. The van der Waals surface area contributed by atoms with Gasteiger partial charge in [-0.05, 0) is 41.5 Å². The van der Waals surface area contributed by atoms with Crippen molar-refractivity contribution in [3.05, 3.63) is 88.0 Å². The van der Waals surface area contributed by atoms with Crippen molar-refractivity contribution in [2.75, 3.05) is 0 Å². The van der Waals surface area contributed by atoms with Crippen LogP contribution in [0.1, 0.15) is 41.5 Å². The number of halogens is 12. The predicted octanol–water partition coefficient (Wildman–Crippen LogP) is 7.13. The van der Waals surface area contributed by atoms with Crippen molar-refractivity contribution < 1.29 is 52.7 Å². The van der Waals surface area contributed by atoms with Gasteiger partial charge in [-0.25, -0.2) is 52.7 Å². The lowest BCUT2D eigenvalue weighted by atomic mass is 9.33. The summed E-state index contributed by atoms with van der Waals surface area (Å²) in [5.41, 5.74) is -6.20. The van der Waals surface area contributed by atoms with E-state index in [1.54, 1.807) is 0 Å². The first-order valence-electron chi connectivity index (χ1n) is 11.7. The average molecular weight is 604 g/mol. The van der Waals surface area contributed by atoms with Gasteiger partial charge in [0.05, 0.1) is 0 Å². The minimum Gasteiger partial charge on any atom is -0.207 e. The maximum Gasteiger partial charge on any atom is 0.262 e. The molecule has 0 atom stereocenters. The predicted molar refractivity (Wildman–Crippen MR) is 131 cm³/mol. The third-order valence-electron chi connectivity index (χ3n) is 6.79. The van der Waals surface area contributed by atoms with Crippen LogP contribution in [0.4, 0.5) is 52.7 Å². The van der Waals surface area contributed by atoms with Crippen LogP contribution in [-0.4, -0.2) is 16.2 Å². The summed E-state index contributed by atoms with van der Waals surface area (Å²) in [7, 11) is -3.64. The first-order chi connectivity index (χ1) is 18.1. The fraction of sp³-hybridized carbons (Fsp3) is 0.308.